The molecule has 1 unspecified atom stereocenters. The summed E-state index contributed by atoms with van der Waals surface area (Å²) in [7, 11) is 1.62. The molecule has 0 fully saturated rings. The summed E-state index contributed by atoms with van der Waals surface area (Å²) in [5.74, 6) is 0.717. The average Bonchev–Trinajstić information content (AvgIpc) is 2.46. The van der Waals surface area contributed by atoms with Gasteiger partial charge in [-0.05, 0) is 25.5 Å². The van der Waals surface area contributed by atoms with E-state index in [-0.39, 0.29) is 0 Å². The molecule has 1 rings (SSSR count). The van der Waals surface area contributed by atoms with E-state index in [1.165, 1.54) is 25.7 Å². The largest absolute Gasteiger partial charge is 0.496 e. The molecular weight excluding hydrogens is 252 g/mol. The summed E-state index contributed by atoms with van der Waals surface area (Å²) in [6, 6.07) is 5.82. The summed E-state index contributed by atoms with van der Waals surface area (Å²) in [4.78, 5) is 0. The van der Waals surface area contributed by atoms with Crippen molar-refractivity contribution in [3.8, 4) is 5.75 Å². The Balaban J connectivity index is 2.32. The first-order chi connectivity index (χ1) is 9.69. The lowest BCUT2D eigenvalue weighted by Crippen LogP contribution is -2.09. The molecule has 3 nitrogen and oxygen atoms in total. The molecule has 0 aliphatic rings. The summed E-state index contributed by atoms with van der Waals surface area (Å²) in [5, 5.41) is 10.2. The van der Waals surface area contributed by atoms with Crippen LogP contribution in [-0.2, 0) is 4.74 Å². The Morgan fingerprint density at radius 2 is 1.90 bits per heavy atom. The number of methoxy groups -OCH3 is 1. The molecular formula is C17H28O3. The molecule has 0 aliphatic heterocycles. The van der Waals surface area contributed by atoms with Crippen LogP contribution in [0, 0.1) is 6.92 Å². The molecule has 0 aromatic heterocycles. The Hall–Kier alpha value is -1.06. The third-order valence-corrected chi connectivity index (χ3v) is 3.41. The molecule has 0 amide bonds. The lowest BCUT2D eigenvalue weighted by molar-refractivity contribution is 0.0332. The van der Waals surface area contributed by atoms with Crippen LogP contribution in [-0.4, -0.2) is 25.4 Å². The van der Waals surface area contributed by atoms with E-state index in [0.29, 0.717) is 6.61 Å². The third kappa shape index (κ3) is 5.93. The SMILES string of the molecule is CCCCCCCOCC(O)c1cc(C)ccc1OC. The van der Waals surface area contributed by atoms with Crippen LogP contribution in [0.2, 0.25) is 0 Å². The zero-order valence-electron chi connectivity index (χ0n) is 13.0. The van der Waals surface area contributed by atoms with Gasteiger partial charge in [0.05, 0.1) is 13.7 Å². The zero-order chi connectivity index (χ0) is 14.8. The van der Waals surface area contributed by atoms with E-state index in [2.05, 4.69) is 6.92 Å². The van der Waals surface area contributed by atoms with Gasteiger partial charge >= 0.3 is 0 Å². The quantitative estimate of drug-likeness (QED) is 0.658. The molecule has 3 heteroatoms. The average molecular weight is 280 g/mol. The lowest BCUT2D eigenvalue weighted by atomic mass is 10.1. The van der Waals surface area contributed by atoms with Gasteiger partial charge in [-0.2, -0.15) is 0 Å². The van der Waals surface area contributed by atoms with Crippen LogP contribution in [0.3, 0.4) is 0 Å². The second kappa shape index (κ2) is 9.78. The van der Waals surface area contributed by atoms with Crippen molar-refractivity contribution < 1.29 is 14.6 Å². The highest BCUT2D eigenvalue weighted by Gasteiger charge is 2.13. The first-order valence-electron chi connectivity index (χ1n) is 7.59. The van der Waals surface area contributed by atoms with Crippen molar-refractivity contribution >= 4 is 0 Å². The summed E-state index contributed by atoms with van der Waals surface area (Å²) >= 11 is 0. The van der Waals surface area contributed by atoms with Gasteiger partial charge in [0.1, 0.15) is 11.9 Å². The van der Waals surface area contributed by atoms with E-state index in [9.17, 15) is 5.11 Å². The Kier molecular flexibility index (Phi) is 8.31. The second-order valence-corrected chi connectivity index (χ2v) is 5.25. The lowest BCUT2D eigenvalue weighted by Gasteiger charge is -2.15. The summed E-state index contributed by atoms with van der Waals surface area (Å²) < 4.78 is 10.8. The van der Waals surface area contributed by atoms with Crippen molar-refractivity contribution in [2.45, 2.75) is 52.1 Å². The predicted molar refractivity (Wildman–Crippen MR) is 82.3 cm³/mol. The van der Waals surface area contributed by atoms with Crippen LogP contribution in [0.5, 0.6) is 5.75 Å². The number of hydrogen-bond acceptors (Lipinski definition) is 3. The van der Waals surface area contributed by atoms with E-state index in [0.717, 1.165) is 29.9 Å². The van der Waals surface area contributed by atoms with Gasteiger partial charge in [-0.15, -0.1) is 0 Å². The molecule has 0 saturated heterocycles. The summed E-state index contributed by atoms with van der Waals surface area (Å²) in [6.45, 7) is 5.26. The molecule has 1 aromatic rings. The Morgan fingerprint density at radius 3 is 2.60 bits per heavy atom. The van der Waals surface area contributed by atoms with Gasteiger partial charge in [0.25, 0.3) is 0 Å². The van der Waals surface area contributed by atoms with E-state index in [1.54, 1.807) is 7.11 Å². The van der Waals surface area contributed by atoms with Crippen LogP contribution < -0.4 is 4.74 Å². The molecule has 1 aromatic carbocycles. The minimum atomic E-state index is -0.625. The number of hydrogen-bond donors (Lipinski definition) is 1. The number of benzene rings is 1. The maximum atomic E-state index is 10.2. The van der Waals surface area contributed by atoms with Gasteiger partial charge in [0, 0.05) is 12.2 Å². The van der Waals surface area contributed by atoms with Gasteiger partial charge in [0.2, 0.25) is 0 Å². The minimum Gasteiger partial charge on any atom is -0.496 e. The Morgan fingerprint density at radius 1 is 1.15 bits per heavy atom. The highest BCUT2D eigenvalue weighted by Crippen LogP contribution is 2.26. The van der Waals surface area contributed by atoms with Crippen molar-refractivity contribution in [3.05, 3.63) is 29.3 Å². The summed E-state index contributed by atoms with van der Waals surface area (Å²) in [6.07, 6.45) is 5.47. The van der Waals surface area contributed by atoms with Crippen LogP contribution in [0.1, 0.15) is 56.3 Å². The van der Waals surface area contributed by atoms with Gasteiger partial charge in [0.15, 0.2) is 0 Å². The van der Waals surface area contributed by atoms with Crippen molar-refractivity contribution in [2.75, 3.05) is 20.3 Å². The Bertz CT molecular complexity index is 376. The zero-order valence-corrected chi connectivity index (χ0v) is 13.0. The topological polar surface area (TPSA) is 38.7 Å². The monoisotopic (exact) mass is 280 g/mol. The number of aryl methyl sites for hydroxylation is 1. The van der Waals surface area contributed by atoms with E-state index >= 15 is 0 Å². The Labute approximate surface area is 122 Å². The third-order valence-electron chi connectivity index (χ3n) is 3.41. The van der Waals surface area contributed by atoms with Crippen molar-refractivity contribution in [1.29, 1.82) is 0 Å². The molecule has 1 N–H and O–H groups in total. The molecule has 0 spiro atoms. The fourth-order valence-corrected chi connectivity index (χ4v) is 2.21. The molecule has 0 bridgehead atoms. The van der Waals surface area contributed by atoms with E-state index < -0.39 is 6.10 Å². The number of rotatable bonds is 10. The fraction of sp³-hybridized carbons (Fsp3) is 0.647. The molecule has 0 heterocycles. The maximum Gasteiger partial charge on any atom is 0.124 e. The molecule has 20 heavy (non-hydrogen) atoms. The molecule has 114 valence electrons. The number of ether oxygens (including phenoxy) is 2. The van der Waals surface area contributed by atoms with Crippen molar-refractivity contribution in [1.82, 2.24) is 0 Å². The maximum absolute atomic E-state index is 10.2. The number of aliphatic hydroxyl groups excluding tert-OH is 1. The molecule has 0 saturated carbocycles. The van der Waals surface area contributed by atoms with Gasteiger partial charge in [-0.25, -0.2) is 0 Å². The van der Waals surface area contributed by atoms with Crippen molar-refractivity contribution in [3.63, 3.8) is 0 Å². The van der Waals surface area contributed by atoms with Crippen LogP contribution in [0.15, 0.2) is 18.2 Å². The smallest absolute Gasteiger partial charge is 0.124 e. The summed E-state index contributed by atoms with van der Waals surface area (Å²) in [5.41, 5.74) is 1.91. The minimum absolute atomic E-state index is 0.327. The standard InChI is InChI=1S/C17H28O3/c1-4-5-6-7-8-11-20-13-16(18)15-12-14(2)9-10-17(15)19-3/h9-10,12,16,18H,4-8,11,13H2,1-3H3. The van der Waals surface area contributed by atoms with Crippen molar-refractivity contribution in [2.24, 2.45) is 0 Å². The highest BCUT2D eigenvalue weighted by molar-refractivity contribution is 5.38. The first-order valence-corrected chi connectivity index (χ1v) is 7.59. The molecule has 1 atom stereocenters. The van der Waals surface area contributed by atoms with Crippen LogP contribution >= 0.6 is 0 Å². The van der Waals surface area contributed by atoms with Gasteiger partial charge < -0.3 is 14.6 Å². The fourth-order valence-electron chi connectivity index (χ4n) is 2.21. The number of unbranched alkanes of at least 4 members (excludes halogenated alkanes) is 4. The molecule has 0 aliphatic carbocycles. The van der Waals surface area contributed by atoms with Gasteiger partial charge in [-0.1, -0.05) is 44.2 Å². The van der Waals surface area contributed by atoms with E-state index in [1.807, 2.05) is 25.1 Å². The highest BCUT2D eigenvalue weighted by atomic mass is 16.5. The first kappa shape index (κ1) is 17.0. The van der Waals surface area contributed by atoms with Gasteiger partial charge in [-0.3, -0.25) is 0 Å². The van der Waals surface area contributed by atoms with Crippen LogP contribution in [0.4, 0.5) is 0 Å². The van der Waals surface area contributed by atoms with E-state index in [4.69, 9.17) is 9.47 Å². The second-order valence-electron chi connectivity index (χ2n) is 5.25. The molecule has 0 radical (unpaired) electrons. The number of aliphatic hydroxyl groups is 1. The predicted octanol–water partition coefficient (Wildman–Crippen LogP) is 4.02. The normalized spacial score (nSPS) is 12.4. The van der Waals surface area contributed by atoms with Crippen LogP contribution in [0.25, 0.3) is 0 Å².